The lowest BCUT2D eigenvalue weighted by Crippen LogP contribution is -2.17. The summed E-state index contributed by atoms with van der Waals surface area (Å²) in [6, 6.07) is 0. The summed E-state index contributed by atoms with van der Waals surface area (Å²) >= 11 is 1.07. The highest BCUT2D eigenvalue weighted by atomic mass is 32.1. The van der Waals surface area contributed by atoms with Crippen LogP contribution in [0.4, 0.5) is 5.00 Å². The summed E-state index contributed by atoms with van der Waals surface area (Å²) in [5.41, 5.74) is 0.708. The van der Waals surface area contributed by atoms with Crippen LogP contribution in [0.5, 0.6) is 0 Å². The van der Waals surface area contributed by atoms with Gasteiger partial charge in [-0.3, -0.25) is 4.79 Å². The van der Waals surface area contributed by atoms with Crippen molar-refractivity contribution in [2.24, 2.45) is 0 Å². The third kappa shape index (κ3) is 8.86. The van der Waals surface area contributed by atoms with Crippen LogP contribution in [0.25, 0.3) is 0 Å². The first-order valence-corrected chi connectivity index (χ1v) is 11.8. The molecule has 0 spiro atoms. The summed E-state index contributed by atoms with van der Waals surface area (Å²) in [4.78, 5) is 37.8. The van der Waals surface area contributed by atoms with Gasteiger partial charge in [0, 0.05) is 6.42 Å². The Morgan fingerprint density at radius 1 is 0.867 bits per heavy atom. The highest BCUT2D eigenvalue weighted by Crippen LogP contribution is 2.35. The minimum absolute atomic E-state index is 0.160. The van der Waals surface area contributed by atoms with Crippen molar-refractivity contribution >= 4 is 34.2 Å². The summed E-state index contributed by atoms with van der Waals surface area (Å²) in [6.45, 7) is 10.9. The maximum Gasteiger partial charge on any atom is 0.348 e. The second-order valence-electron chi connectivity index (χ2n) is 8.09. The molecule has 6 nitrogen and oxygen atoms in total. The zero-order valence-electron chi connectivity index (χ0n) is 19.3. The fraction of sp³-hybridized carbons (Fsp3) is 0.696. The van der Waals surface area contributed by atoms with E-state index in [1.165, 1.54) is 25.7 Å². The van der Waals surface area contributed by atoms with E-state index in [1.807, 2.05) is 0 Å². The number of ether oxygens (including phenoxy) is 2. The molecule has 0 fully saturated rings. The van der Waals surface area contributed by atoms with E-state index in [1.54, 1.807) is 34.6 Å². The van der Waals surface area contributed by atoms with Crippen LogP contribution in [0.15, 0.2) is 0 Å². The van der Waals surface area contributed by atoms with Crippen LogP contribution in [0.2, 0.25) is 0 Å². The van der Waals surface area contributed by atoms with Gasteiger partial charge in [0.1, 0.15) is 9.88 Å². The lowest BCUT2D eigenvalue weighted by Gasteiger charge is -2.10. The van der Waals surface area contributed by atoms with Gasteiger partial charge in [0.15, 0.2) is 0 Å². The number of anilines is 1. The van der Waals surface area contributed by atoms with E-state index in [-0.39, 0.29) is 23.7 Å². The average molecular weight is 440 g/mol. The molecule has 0 saturated carbocycles. The van der Waals surface area contributed by atoms with E-state index in [4.69, 9.17) is 9.47 Å². The van der Waals surface area contributed by atoms with Crippen molar-refractivity contribution < 1.29 is 23.9 Å². The molecule has 1 heterocycles. The van der Waals surface area contributed by atoms with Crippen LogP contribution >= 0.6 is 11.3 Å². The summed E-state index contributed by atoms with van der Waals surface area (Å²) in [5.74, 6) is -1.21. The molecule has 0 bridgehead atoms. The van der Waals surface area contributed by atoms with E-state index >= 15 is 0 Å². The second kappa shape index (κ2) is 13.4. The molecule has 7 heteroatoms. The van der Waals surface area contributed by atoms with E-state index in [2.05, 4.69) is 12.2 Å². The standard InChI is InChI=1S/C23H37NO5S/c1-7-8-9-10-11-12-13-14-18(25)24-21-19(22(26)28-15(2)3)17(6)20(30-21)23(27)29-16(4)5/h15-16H,7-14H2,1-6H3,(H,24,25). The summed E-state index contributed by atoms with van der Waals surface area (Å²) in [5, 5.41) is 3.17. The van der Waals surface area contributed by atoms with Crippen LogP contribution < -0.4 is 5.32 Å². The van der Waals surface area contributed by atoms with E-state index in [0.717, 1.165) is 30.6 Å². The van der Waals surface area contributed by atoms with Crippen molar-refractivity contribution in [1.29, 1.82) is 0 Å². The third-order valence-electron chi connectivity index (χ3n) is 4.48. The van der Waals surface area contributed by atoms with Crippen molar-refractivity contribution in [1.82, 2.24) is 0 Å². The highest BCUT2D eigenvalue weighted by molar-refractivity contribution is 7.18. The number of rotatable bonds is 13. The molecule has 30 heavy (non-hydrogen) atoms. The number of esters is 2. The first-order chi connectivity index (χ1) is 14.2. The van der Waals surface area contributed by atoms with Crippen LogP contribution in [-0.4, -0.2) is 30.1 Å². The summed E-state index contributed by atoms with van der Waals surface area (Å²) < 4.78 is 10.6. The molecular weight excluding hydrogens is 402 g/mol. The zero-order valence-corrected chi connectivity index (χ0v) is 20.1. The molecule has 170 valence electrons. The SMILES string of the molecule is CCCCCCCCCC(=O)Nc1sc(C(=O)OC(C)C)c(C)c1C(=O)OC(C)C. The molecule has 0 aliphatic carbocycles. The van der Waals surface area contributed by atoms with Crippen molar-refractivity contribution in [3.63, 3.8) is 0 Å². The molecule has 1 rings (SSSR count). The fourth-order valence-corrected chi connectivity index (χ4v) is 4.11. The third-order valence-corrected chi connectivity index (χ3v) is 5.67. The number of nitrogens with one attached hydrogen (secondary N) is 1. The molecule has 0 aliphatic rings. The summed E-state index contributed by atoms with van der Waals surface area (Å²) in [6.07, 6.45) is 7.66. The van der Waals surface area contributed by atoms with E-state index in [0.29, 0.717) is 21.9 Å². The first-order valence-electron chi connectivity index (χ1n) is 11.0. The number of carbonyl (C=O) groups excluding carboxylic acids is 3. The zero-order chi connectivity index (χ0) is 22.7. The van der Waals surface area contributed by atoms with Crippen molar-refractivity contribution in [2.75, 3.05) is 5.32 Å². The molecule has 0 saturated heterocycles. The van der Waals surface area contributed by atoms with E-state index in [9.17, 15) is 14.4 Å². The number of thiophene rings is 1. The molecule has 0 atom stereocenters. The van der Waals surface area contributed by atoms with Gasteiger partial charge in [0.25, 0.3) is 0 Å². The Hall–Kier alpha value is -1.89. The molecule has 1 N–H and O–H groups in total. The number of hydrogen-bond acceptors (Lipinski definition) is 6. The molecule has 0 aromatic carbocycles. The number of carbonyl (C=O) groups is 3. The Bertz CT molecular complexity index is 709. The average Bonchev–Trinajstić information content (AvgIpc) is 2.96. The molecule has 0 radical (unpaired) electrons. The maximum atomic E-state index is 12.6. The van der Waals surface area contributed by atoms with Crippen LogP contribution in [0.3, 0.4) is 0 Å². The number of amides is 1. The van der Waals surface area contributed by atoms with Gasteiger partial charge in [-0.2, -0.15) is 0 Å². The molecule has 0 aliphatic heterocycles. The van der Waals surface area contributed by atoms with Gasteiger partial charge in [0.2, 0.25) is 5.91 Å². The Morgan fingerprint density at radius 2 is 1.40 bits per heavy atom. The first kappa shape index (κ1) is 26.1. The lowest BCUT2D eigenvalue weighted by atomic mass is 10.1. The number of hydrogen-bond donors (Lipinski definition) is 1. The van der Waals surface area contributed by atoms with Crippen molar-refractivity contribution in [3.8, 4) is 0 Å². The Kier molecular flexibility index (Phi) is 11.7. The van der Waals surface area contributed by atoms with Crippen LogP contribution in [0.1, 0.15) is 112 Å². The molecule has 1 aromatic heterocycles. The maximum absolute atomic E-state index is 12.6. The molecular formula is C23H37NO5S. The van der Waals surface area contributed by atoms with Gasteiger partial charge in [0.05, 0.1) is 17.8 Å². The van der Waals surface area contributed by atoms with Gasteiger partial charge < -0.3 is 14.8 Å². The monoisotopic (exact) mass is 439 g/mol. The van der Waals surface area contributed by atoms with Gasteiger partial charge >= 0.3 is 11.9 Å². The van der Waals surface area contributed by atoms with Crippen LogP contribution in [0, 0.1) is 6.92 Å². The predicted octanol–water partition coefficient (Wildman–Crippen LogP) is 6.27. The minimum atomic E-state index is -0.548. The topological polar surface area (TPSA) is 81.7 Å². The lowest BCUT2D eigenvalue weighted by molar-refractivity contribution is -0.116. The number of unbranched alkanes of at least 4 members (excludes halogenated alkanes) is 6. The van der Waals surface area contributed by atoms with Gasteiger partial charge in [-0.05, 0) is 46.6 Å². The Balaban J connectivity index is 2.83. The Labute approximate surface area is 184 Å². The fourth-order valence-electron chi connectivity index (χ4n) is 3.01. The Morgan fingerprint density at radius 3 is 1.97 bits per heavy atom. The van der Waals surface area contributed by atoms with Gasteiger partial charge in [-0.15, -0.1) is 11.3 Å². The van der Waals surface area contributed by atoms with Gasteiger partial charge in [-0.25, -0.2) is 9.59 Å². The van der Waals surface area contributed by atoms with Gasteiger partial charge in [-0.1, -0.05) is 45.4 Å². The van der Waals surface area contributed by atoms with Crippen molar-refractivity contribution in [3.05, 3.63) is 16.0 Å². The quantitative estimate of drug-likeness (QED) is 0.289. The molecule has 0 unspecified atom stereocenters. The largest absolute Gasteiger partial charge is 0.459 e. The second-order valence-corrected chi connectivity index (χ2v) is 9.11. The van der Waals surface area contributed by atoms with Crippen molar-refractivity contribution in [2.45, 2.75) is 105 Å². The smallest absolute Gasteiger partial charge is 0.348 e. The normalized spacial score (nSPS) is 11.1. The molecule has 1 aromatic rings. The highest BCUT2D eigenvalue weighted by Gasteiger charge is 2.28. The predicted molar refractivity (Wildman–Crippen MR) is 121 cm³/mol. The van der Waals surface area contributed by atoms with Crippen LogP contribution in [-0.2, 0) is 14.3 Å². The minimum Gasteiger partial charge on any atom is -0.459 e. The molecule has 1 amide bonds. The van der Waals surface area contributed by atoms with E-state index < -0.39 is 11.9 Å². The summed E-state index contributed by atoms with van der Waals surface area (Å²) in [7, 11) is 0.